The number of amides is 1. The fourth-order valence-corrected chi connectivity index (χ4v) is 4.09. The van der Waals surface area contributed by atoms with Gasteiger partial charge in [0.1, 0.15) is 10.9 Å². The molecule has 27 heavy (non-hydrogen) atoms. The van der Waals surface area contributed by atoms with Crippen LogP contribution in [0.25, 0.3) is 5.69 Å². The summed E-state index contributed by atoms with van der Waals surface area (Å²) in [7, 11) is -4.10. The van der Waals surface area contributed by atoms with Crippen LogP contribution in [0.3, 0.4) is 0 Å². The van der Waals surface area contributed by atoms with Crippen molar-refractivity contribution in [2.24, 2.45) is 5.73 Å². The maximum absolute atomic E-state index is 12.5. The molecule has 0 bridgehead atoms. The van der Waals surface area contributed by atoms with Crippen LogP contribution in [0.2, 0.25) is 0 Å². The van der Waals surface area contributed by atoms with E-state index < -0.39 is 22.0 Å². The third-order valence-corrected chi connectivity index (χ3v) is 6.16. The molecule has 3 aromatic rings. The van der Waals surface area contributed by atoms with Crippen LogP contribution in [-0.2, 0) is 21.2 Å². The Hall–Kier alpha value is -2.56. The number of hydrogen-bond donors (Lipinski definition) is 2. The van der Waals surface area contributed by atoms with Gasteiger partial charge in [-0.2, -0.15) is 5.10 Å². The minimum absolute atomic E-state index is 0.128. The highest BCUT2D eigenvalue weighted by molar-refractivity contribution is 7.90. The first-order valence-corrected chi connectivity index (χ1v) is 10.5. The lowest BCUT2D eigenvalue weighted by Gasteiger charge is -2.09. The molecule has 0 aliphatic rings. The lowest BCUT2D eigenvalue weighted by molar-refractivity contribution is -0.120. The number of sulfonamides is 1. The van der Waals surface area contributed by atoms with Crippen LogP contribution < -0.4 is 10.5 Å². The van der Waals surface area contributed by atoms with Gasteiger partial charge in [-0.3, -0.25) is 4.79 Å². The van der Waals surface area contributed by atoms with Gasteiger partial charge in [0, 0.05) is 5.38 Å². The van der Waals surface area contributed by atoms with Crippen LogP contribution in [0.15, 0.2) is 46.9 Å². The Morgan fingerprint density at radius 2 is 2.19 bits per heavy atom. The molecule has 0 aliphatic carbocycles. The summed E-state index contributed by atoms with van der Waals surface area (Å²) in [5.41, 5.74) is 7.93. The zero-order chi connectivity index (χ0) is 19.6. The first kappa shape index (κ1) is 19.2. The second-order valence-electron chi connectivity index (χ2n) is 5.93. The van der Waals surface area contributed by atoms with Crippen molar-refractivity contribution in [2.45, 2.75) is 31.2 Å². The number of aryl methyl sites for hydroxylation is 2. The van der Waals surface area contributed by atoms with Gasteiger partial charge in [-0.1, -0.05) is 19.1 Å². The first-order valence-electron chi connectivity index (χ1n) is 8.18. The smallest absolute Gasteiger partial charge is 0.267 e. The molecule has 1 amide bonds. The summed E-state index contributed by atoms with van der Waals surface area (Å²) in [5.74, 6) is -0.841. The van der Waals surface area contributed by atoms with Gasteiger partial charge in [0.25, 0.3) is 15.9 Å². The number of rotatable bonds is 6. The fourth-order valence-electron chi connectivity index (χ4n) is 2.38. The molecule has 0 aliphatic heterocycles. The summed E-state index contributed by atoms with van der Waals surface area (Å²) in [6, 6.07) is 6.28. The Balaban J connectivity index is 1.77. The van der Waals surface area contributed by atoms with E-state index in [0.717, 1.165) is 17.0 Å². The van der Waals surface area contributed by atoms with Crippen LogP contribution in [0.1, 0.15) is 29.2 Å². The lowest BCUT2D eigenvalue weighted by Crippen LogP contribution is -2.38. The molecule has 0 radical (unpaired) electrons. The number of nitrogens with zero attached hydrogens (tertiary/aromatic N) is 3. The van der Waals surface area contributed by atoms with E-state index in [0.29, 0.717) is 11.4 Å². The zero-order valence-electron chi connectivity index (χ0n) is 14.8. The minimum Gasteiger partial charge on any atom is -0.315 e. The molecule has 0 fully saturated rings. The second-order valence-corrected chi connectivity index (χ2v) is 8.55. The maximum atomic E-state index is 12.5. The Kier molecular flexibility index (Phi) is 5.40. The topological polar surface area (TPSA) is 120 Å². The molecule has 2 heterocycles. The summed E-state index contributed by atoms with van der Waals surface area (Å²) in [6.07, 6.45) is 3.24. The average Bonchev–Trinajstić information content (AvgIpc) is 3.30. The molecular weight excluding hydrogens is 386 g/mol. The van der Waals surface area contributed by atoms with Crippen molar-refractivity contribution in [3.63, 3.8) is 0 Å². The second kappa shape index (κ2) is 7.59. The number of hydrogen-bond acceptors (Lipinski definition) is 7. The molecule has 0 saturated carbocycles. The Labute approximate surface area is 161 Å². The highest BCUT2D eigenvalue weighted by atomic mass is 32.2. The standard InChI is InChI=1S/C17H19N5O3S2/c1-3-15-20-14(10-26-15)16(18)17(23)21-27(24,25)13-8-19-22(9-13)12-6-4-5-11(2)7-12/h4-10,16H,3,18H2,1-2H3,(H,21,23). The van der Waals surface area contributed by atoms with Crippen molar-refractivity contribution >= 4 is 27.3 Å². The summed E-state index contributed by atoms with van der Waals surface area (Å²) in [5, 5.41) is 6.55. The third-order valence-electron chi connectivity index (χ3n) is 3.84. The monoisotopic (exact) mass is 405 g/mol. The van der Waals surface area contributed by atoms with Gasteiger partial charge < -0.3 is 5.73 Å². The number of nitrogens with two attached hydrogens (primary N) is 1. The molecule has 8 nitrogen and oxygen atoms in total. The van der Waals surface area contributed by atoms with Gasteiger partial charge in [0.2, 0.25) is 0 Å². The van der Waals surface area contributed by atoms with Gasteiger partial charge in [-0.05, 0) is 31.0 Å². The molecule has 0 saturated heterocycles. The SMILES string of the molecule is CCc1nc(C(N)C(=O)NS(=O)(=O)c2cnn(-c3cccc(C)c3)c2)cs1. The quantitative estimate of drug-likeness (QED) is 0.644. The van der Waals surface area contributed by atoms with E-state index in [9.17, 15) is 13.2 Å². The predicted octanol–water partition coefficient (Wildman–Crippen LogP) is 1.70. The average molecular weight is 406 g/mol. The zero-order valence-corrected chi connectivity index (χ0v) is 16.4. The van der Waals surface area contributed by atoms with Crippen LogP contribution >= 0.6 is 11.3 Å². The van der Waals surface area contributed by atoms with Gasteiger partial charge >= 0.3 is 0 Å². The Morgan fingerprint density at radius 3 is 2.85 bits per heavy atom. The number of aromatic nitrogens is 3. The summed E-state index contributed by atoms with van der Waals surface area (Å²) in [6.45, 7) is 3.86. The van der Waals surface area contributed by atoms with Gasteiger partial charge in [-0.25, -0.2) is 22.8 Å². The van der Waals surface area contributed by atoms with Crippen LogP contribution in [0, 0.1) is 6.92 Å². The van der Waals surface area contributed by atoms with Crippen LogP contribution in [-0.4, -0.2) is 29.1 Å². The van der Waals surface area contributed by atoms with E-state index in [1.54, 1.807) is 11.4 Å². The van der Waals surface area contributed by atoms with E-state index in [4.69, 9.17) is 5.73 Å². The predicted molar refractivity (Wildman–Crippen MR) is 102 cm³/mol. The minimum atomic E-state index is -4.10. The molecule has 1 unspecified atom stereocenters. The van der Waals surface area contributed by atoms with E-state index in [1.165, 1.54) is 28.4 Å². The van der Waals surface area contributed by atoms with Gasteiger partial charge in [0.15, 0.2) is 0 Å². The Bertz CT molecular complexity index is 1070. The molecule has 1 aromatic carbocycles. The van der Waals surface area contributed by atoms with Gasteiger partial charge in [0.05, 0.1) is 28.8 Å². The maximum Gasteiger partial charge on any atom is 0.267 e. The summed E-state index contributed by atoms with van der Waals surface area (Å²) < 4.78 is 28.4. The van der Waals surface area contributed by atoms with E-state index >= 15 is 0 Å². The Morgan fingerprint density at radius 1 is 1.41 bits per heavy atom. The molecule has 2 aromatic heterocycles. The van der Waals surface area contributed by atoms with E-state index in [2.05, 4.69) is 10.1 Å². The normalized spacial score (nSPS) is 12.7. The van der Waals surface area contributed by atoms with Crippen molar-refractivity contribution in [1.82, 2.24) is 19.5 Å². The largest absolute Gasteiger partial charge is 0.315 e. The number of carbonyl (C=O) groups excluding carboxylic acids is 1. The number of carbonyl (C=O) groups is 1. The first-order chi connectivity index (χ1) is 12.8. The van der Waals surface area contributed by atoms with Crippen LogP contribution in [0.5, 0.6) is 0 Å². The molecular formula is C17H19N5O3S2. The fraction of sp³-hybridized carbons (Fsp3) is 0.235. The molecule has 1 atom stereocenters. The van der Waals surface area contributed by atoms with Crippen LogP contribution in [0.4, 0.5) is 0 Å². The summed E-state index contributed by atoms with van der Waals surface area (Å²) >= 11 is 1.38. The molecule has 142 valence electrons. The van der Waals surface area contributed by atoms with Crippen molar-refractivity contribution in [3.05, 3.63) is 58.3 Å². The molecule has 3 N–H and O–H groups in total. The number of nitrogens with one attached hydrogen (secondary N) is 1. The molecule has 10 heteroatoms. The highest BCUT2D eigenvalue weighted by Gasteiger charge is 2.26. The van der Waals surface area contributed by atoms with Crippen molar-refractivity contribution in [2.75, 3.05) is 0 Å². The van der Waals surface area contributed by atoms with E-state index in [1.807, 2.05) is 36.8 Å². The highest BCUT2D eigenvalue weighted by Crippen LogP contribution is 2.18. The van der Waals surface area contributed by atoms with Gasteiger partial charge in [-0.15, -0.1) is 11.3 Å². The summed E-state index contributed by atoms with van der Waals surface area (Å²) in [4.78, 5) is 16.4. The number of benzene rings is 1. The molecule has 0 spiro atoms. The third kappa shape index (κ3) is 4.24. The van der Waals surface area contributed by atoms with Crippen molar-refractivity contribution < 1.29 is 13.2 Å². The van der Waals surface area contributed by atoms with Crippen molar-refractivity contribution in [3.8, 4) is 5.69 Å². The number of thiazole rings is 1. The molecule has 3 rings (SSSR count). The van der Waals surface area contributed by atoms with Crippen molar-refractivity contribution in [1.29, 1.82) is 0 Å². The van der Waals surface area contributed by atoms with E-state index in [-0.39, 0.29) is 4.90 Å². The lowest BCUT2D eigenvalue weighted by atomic mass is 10.2.